The van der Waals surface area contributed by atoms with Crippen molar-refractivity contribution in [3.63, 3.8) is 0 Å². The Balaban J connectivity index is 1.77. The van der Waals surface area contributed by atoms with Crippen molar-refractivity contribution in [3.05, 3.63) is 35.4 Å². The summed E-state index contributed by atoms with van der Waals surface area (Å²) in [5.41, 5.74) is 1.79. The Kier molecular flexibility index (Phi) is 4.92. The molecule has 4 rings (SSSR count). The molecule has 3 aliphatic heterocycles. The van der Waals surface area contributed by atoms with Gasteiger partial charge in [-0.25, -0.2) is 0 Å². The van der Waals surface area contributed by atoms with E-state index in [1.807, 2.05) is 24.3 Å². The average Bonchev–Trinajstić information content (AvgIpc) is 2.87. The van der Waals surface area contributed by atoms with Gasteiger partial charge in [0.2, 0.25) is 0 Å². The fourth-order valence-corrected chi connectivity index (χ4v) is 4.94. The molecule has 3 saturated heterocycles. The predicted molar refractivity (Wildman–Crippen MR) is 92.3 cm³/mol. The van der Waals surface area contributed by atoms with E-state index in [0.29, 0.717) is 24.6 Å². The number of nitriles is 1. The van der Waals surface area contributed by atoms with Crippen LogP contribution in [0.25, 0.3) is 0 Å². The van der Waals surface area contributed by atoms with Crippen molar-refractivity contribution in [1.29, 1.82) is 5.26 Å². The van der Waals surface area contributed by atoms with E-state index in [2.05, 4.69) is 11.0 Å². The molecule has 0 saturated carbocycles. The van der Waals surface area contributed by atoms with Crippen LogP contribution in [0.4, 0.5) is 0 Å². The third kappa shape index (κ3) is 3.47. The van der Waals surface area contributed by atoms with Gasteiger partial charge in [0.05, 0.1) is 11.6 Å². The van der Waals surface area contributed by atoms with Gasteiger partial charge in [-0.1, -0.05) is 12.1 Å². The molecule has 0 aromatic heterocycles. The Labute approximate surface area is 144 Å². The summed E-state index contributed by atoms with van der Waals surface area (Å²) in [6.07, 6.45) is 2.11. The molecule has 0 spiro atoms. The van der Waals surface area contributed by atoms with E-state index in [9.17, 15) is 8.42 Å². The lowest BCUT2D eigenvalue weighted by Gasteiger charge is -2.36. The molecule has 0 radical (unpaired) electrons. The number of piperidine rings is 1. The zero-order valence-electron chi connectivity index (χ0n) is 14.2. The van der Waals surface area contributed by atoms with Crippen LogP contribution in [0.3, 0.4) is 0 Å². The Morgan fingerprint density at radius 1 is 1.25 bits per heavy atom. The summed E-state index contributed by atoms with van der Waals surface area (Å²) >= 11 is 0. The van der Waals surface area contributed by atoms with Crippen LogP contribution < -0.4 is 0 Å². The molecule has 2 atom stereocenters. The quantitative estimate of drug-likeness (QED) is 0.822. The maximum atomic E-state index is 12.5. The lowest BCUT2D eigenvalue weighted by molar-refractivity contribution is 0.125. The monoisotopic (exact) mass is 348 g/mol. The highest BCUT2D eigenvalue weighted by molar-refractivity contribution is 7.86. The Bertz CT molecular complexity index is 741. The van der Waals surface area contributed by atoms with Crippen molar-refractivity contribution in [3.8, 4) is 6.07 Å². The highest BCUT2D eigenvalue weighted by Gasteiger charge is 2.39. The summed E-state index contributed by atoms with van der Waals surface area (Å²) in [4.78, 5) is 2.38. The van der Waals surface area contributed by atoms with E-state index < -0.39 is 10.2 Å². The minimum absolute atomic E-state index is 0.240. The van der Waals surface area contributed by atoms with Crippen LogP contribution >= 0.6 is 0 Å². The van der Waals surface area contributed by atoms with Gasteiger partial charge in [0.25, 0.3) is 10.2 Å². The van der Waals surface area contributed by atoms with Crippen molar-refractivity contribution >= 4 is 10.2 Å². The van der Waals surface area contributed by atoms with Gasteiger partial charge < -0.3 is 0 Å². The number of hydrogen-bond donors (Lipinski definition) is 0. The second-order valence-corrected chi connectivity index (χ2v) is 9.09. The van der Waals surface area contributed by atoms with Crippen LogP contribution in [-0.4, -0.2) is 61.7 Å². The van der Waals surface area contributed by atoms with E-state index in [1.165, 1.54) is 4.31 Å². The molecule has 7 heteroatoms. The number of hydrogen-bond acceptors (Lipinski definition) is 4. The number of fused-ring (bicyclic) bond motifs is 4. The molecule has 0 unspecified atom stereocenters. The Morgan fingerprint density at radius 3 is 2.75 bits per heavy atom. The topological polar surface area (TPSA) is 67.7 Å². The first-order valence-corrected chi connectivity index (χ1v) is 9.70. The second kappa shape index (κ2) is 6.81. The maximum absolute atomic E-state index is 12.5. The molecular formula is C17H24N4O2S. The third-order valence-corrected chi connectivity index (χ3v) is 6.90. The van der Waals surface area contributed by atoms with Crippen molar-refractivity contribution in [2.75, 3.05) is 33.7 Å². The first-order valence-electron chi connectivity index (χ1n) is 8.31. The third-order valence-electron chi connectivity index (χ3n) is 5.02. The van der Waals surface area contributed by atoms with Gasteiger partial charge in [-0.2, -0.15) is 22.3 Å². The maximum Gasteiger partial charge on any atom is 0.281 e. The standard InChI is InChI=1S/C17H24N4O2S/c1-19(2)24(22,23)21-12-16-6-7-17(13-21)20(11-16)10-15-5-3-4-14(8-15)9-18/h3-5,8,16-17H,6-7,10-13H2,1-2H3/t16-,17-/m1/s1. The van der Waals surface area contributed by atoms with Gasteiger partial charge in [-0.3, -0.25) is 4.90 Å². The summed E-state index contributed by atoms with van der Waals surface area (Å²) in [5, 5.41) is 9.05. The summed E-state index contributed by atoms with van der Waals surface area (Å²) in [6.45, 7) is 2.84. The molecule has 1 aromatic rings. The van der Waals surface area contributed by atoms with Gasteiger partial charge in [-0.15, -0.1) is 0 Å². The largest absolute Gasteiger partial charge is 0.294 e. The molecule has 0 amide bonds. The van der Waals surface area contributed by atoms with E-state index in [-0.39, 0.29) is 6.04 Å². The SMILES string of the molecule is CN(C)S(=O)(=O)N1C[C@@H]2CC[C@H](C1)N(Cc1cccc(C#N)c1)C2. The van der Waals surface area contributed by atoms with Gasteiger partial charge in [0.1, 0.15) is 0 Å². The normalized spacial score (nSPS) is 25.6. The smallest absolute Gasteiger partial charge is 0.281 e. The molecule has 0 N–H and O–H groups in total. The molecule has 3 fully saturated rings. The van der Waals surface area contributed by atoms with Crippen molar-refractivity contribution < 1.29 is 8.42 Å². The highest BCUT2D eigenvalue weighted by Crippen LogP contribution is 2.30. The summed E-state index contributed by atoms with van der Waals surface area (Å²) in [6, 6.07) is 10.1. The van der Waals surface area contributed by atoms with Gasteiger partial charge in [0.15, 0.2) is 0 Å². The molecule has 3 aliphatic rings. The second-order valence-electron chi connectivity index (χ2n) is 6.95. The number of nitrogens with zero attached hydrogens (tertiary/aromatic N) is 4. The molecule has 24 heavy (non-hydrogen) atoms. The summed E-state index contributed by atoms with van der Waals surface area (Å²) < 4.78 is 27.9. The first-order chi connectivity index (χ1) is 11.4. The molecule has 0 aliphatic carbocycles. The van der Waals surface area contributed by atoms with Crippen LogP contribution in [0, 0.1) is 17.2 Å². The number of rotatable bonds is 4. The molecule has 2 bridgehead atoms. The number of benzene rings is 1. The molecule has 3 heterocycles. The van der Waals surface area contributed by atoms with Gasteiger partial charge in [-0.05, 0) is 36.5 Å². The Morgan fingerprint density at radius 2 is 2.04 bits per heavy atom. The Hall–Kier alpha value is -1.46. The summed E-state index contributed by atoms with van der Waals surface area (Å²) in [7, 11) is -0.178. The zero-order chi connectivity index (χ0) is 17.3. The van der Waals surface area contributed by atoms with Crippen LogP contribution in [0.2, 0.25) is 0 Å². The zero-order valence-corrected chi connectivity index (χ0v) is 15.0. The van der Waals surface area contributed by atoms with Crippen molar-refractivity contribution in [2.45, 2.75) is 25.4 Å². The predicted octanol–water partition coefficient (Wildman–Crippen LogP) is 1.26. The fraction of sp³-hybridized carbons (Fsp3) is 0.588. The molecular weight excluding hydrogens is 324 g/mol. The van der Waals surface area contributed by atoms with E-state index in [4.69, 9.17) is 5.26 Å². The van der Waals surface area contributed by atoms with Crippen molar-refractivity contribution in [1.82, 2.24) is 13.5 Å². The van der Waals surface area contributed by atoms with E-state index in [1.54, 1.807) is 18.4 Å². The minimum atomic E-state index is -3.36. The van der Waals surface area contributed by atoms with Crippen LogP contribution in [0.5, 0.6) is 0 Å². The fourth-order valence-electron chi connectivity index (χ4n) is 3.72. The highest BCUT2D eigenvalue weighted by atomic mass is 32.2. The van der Waals surface area contributed by atoms with Gasteiger partial charge >= 0.3 is 0 Å². The average molecular weight is 348 g/mol. The summed E-state index contributed by atoms with van der Waals surface area (Å²) in [5.74, 6) is 0.373. The van der Waals surface area contributed by atoms with Crippen LogP contribution in [0.1, 0.15) is 24.0 Å². The molecule has 1 aromatic carbocycles. The minimum Gasteiger partial charge on any atom is -0.294 e. The van der Waals surface area contributed by atoms with E-state index >= 15 is 0 Å². The molecule has 6 nitrogen and oxygen atoms in total. The van der Waals surface area contributed by atoms with Crippen LogP contribution in [0.15, 0.2) is 24.3 Å². The van der Waals surface area contributed by atoms with Crippen LogP contribution in [-0.2, 0) is 16.8 Å². The lowest BCUT2D eigenvalue weighted by atomic mass is 9.94. The lowest BCUT2D eigenvalue weighted by Crippen LogP contribution is -2.45. The van der Waals surface area contributed by atoms with Crippen molar-refractivity contribution in [2.24, 2.45) is 5.92 Å². The first kappa shape index (κ1) is 17.4. The molecule has 130 valence electrons. The van der Waals surface area contributed by atoms with E-state index in [0.717, 1.165) is 31.5 Å². The van der Waals surface area contributed by atoms with Gasteiger partial charge in [0, 0.05) is 46.3 Å².